The number of benzene rings is 1. The second-order valence-electron chi connectivity index (χ2n) is 5.94. The first-order chi connectivity index (χ1) is 13.1. The number of nitrogens with zero attached hydrogens (tertiary/aromatic N) is 4. The van der Waals surface area contributed by atoms with Crippen LogP contribution in [0.25, 0.3) is 0 Å². The molecule has 1 aromatic carbocycles. The summed E-state index contributed by atoms with van der Waals surface area (Å²) in [5.41, 5.74) is 1.44. The van der Waals surface area contributed by atoms with Crippen LogP contribution in [-0.4, -0.2) is 72.0 Å². The predicted molar refractivity (Wildman–Crippen MR) is 101 cm³/mol. The molecule has 0 aromatic heterocycles. The molecule has 3 N–H and O–H groups in total. The maximum Gasteiger partial charge on any atom is 0.275 e. The number of amides is 2. The van der Waals surface area contributed by atoms with E-state index in [1.165, 1.54) is 6.34 Å². The van der Waals surface area contributed by atoms with E-state index in [2.05, 4.69) is 41.5 Å². The van der Waals surface area contributed by atoms with E-state index in [9.17, 15) is 9.59 Å². The molecule has 0 fully saturated rings. The van der Waals surface area contributed by atoms with Gasteiger partial charge in [-0.1, -0.05) is 15.9 Å². The third-order valence-electron chi connectivity index (χ3n) is 4.15. The minimum absolute atomic E-state index is 0.0388. The molecule has 10 nitrogen and oxygen atoms in total. The van der Waals surface area contributed by atoms with Gasteiger partial charge in [0.15, 0.2) is 12.2 Å². The molecule has 3 heterocycles. The van der Waals surface area contributed by atoms with Gasteiger partial charge in [-0.15, -0.1) is 0 Å². The van der Waals surface area contributed by atoms with Crippen molar-refractivity contribution < 1.29 is 19.4 Å². The number of anilines is 1. The highest BCUT2D eigenvalue weighted by molar-refractivity contribution is 9.10. The van der Waals surface area contributed by atoms with Crippen LogP contribution in [0.1, 0.15) is 5.56 Å². The Kier molecular flexibility index (Phi) is 4.72. The number of aliphatic imine (C=N–C) groups is 3. The lowest BCUT2D eigenvalue weighted by Gasteiger charge is -2.27. The minimum atomic E-state index is -0.703. The molecular weight excluding hydrogens is 420 g/mol. The number of nitrogens with one attached hydrogen (secondary N) is 2. The minimum Gasteiger partial charge on any atom is -0.394 e. The summed E-state index contributed by atoms with van der Waals surface area (Å²) in [6, 6.07) is 4.65. The zero-order valence-electron chi connectivity index (χ0n) is 13.9. The van der Waals surface area contributed by atoms with Gasteiger partial charge in [-0.05, 0) is 18.2 Å². The molecule has 0 aliphatic carbocycles. The molecule has 11 heteroatoms. The van der Waals surface area contributed by atoms with Gasteiger partial charge >= 0.3 is 0 Å². The van der Waals surface area contributed by atoms with Crippen LogP contribution in [0.4, 0.5) is 5.69 Å². The lowest BCUT2D eigenvalue weighted by atomic mass is 10.1. The number of aliphatic hydroxyl groups is 1. The Bertz CT molecular complexity index is 899. The van der Waals surface area contributed by atoms with Gasteiger partial charge in [0.05, 0.1) is 25.2 Å². The summed E-state index contributed by atoms with van der Waals surface area (Å²) in [4.78, 5) is 39.0. The summed E-state index contributed by atoms with van der Waals surface area (Å²) in [6.07, 6.45) is 0.879. The number of hydrogen-bond donors (Lipinski definition) is 3. The van der Waals surface area contributed by atoms with Crippen molar-refractivity contribution in [2.75, 3.05) is 25.3 Å². The van der Waals surface area contributed by atoms with Crippen molar-refractivity contribution in [2.24, 2.45) is 15.0 Å². The predicted octanol–water partition coefficient (Wildman–Crippen LogP) is -0.319. The number of aliphatic hydroxyl groups excluding tert-OH is 1. The van der Waals surface area contributed by atoms with Gasteiger partial charge in [0.1, 0.15) is 12.4 Å². The van der Waals surface area contributed by atoms with Crippen molar-refractivity contribution in [3.8, 4) is 0 Å². The van der Waals surface area contributed by atoms with Gasteiger partial charge in [0, 0.05) is 10.0 Å². The van der Waals surface area contributed by atoms with E-state index in [4.69, 9.17) is 9.84 Å². The number of ether oxygens (including phenoxy) is 1. The third kappa shape index (κ3) is 3.36. The zero-order valence-corrected chi connectivity index (χ0v) is 15.5. The van der Waals surface area contributed by atoms with Crippen molar-refractivity contribution in [1.82, 2.24) is 10.2 Å². The zero-order chi connectivity index (χ0) is 19.0. The molecule has 27 heavy (non-hydrogen) atoms. The Hall–Kier alpha value is -2.63. The van der Waals surface area contributed by atoms with Crippen molar-refractivity contribution in [1.29, 1.82) is 0 Å². The van der Waals surface area contributed by atoms with E-state index < -0.39 is 12.2 Å². The fourth-order valence-electron chi connectivity index (χ4n) is 2.92. The second kappa shape index (κ2) is 7.18. The van der Waals surface area contributed by atoms with E-state index in [0.717, 1.165) is 4.47 Å². The molecule has 1 aromatic rings. The van der Waals surface area contributed by atoms with Crippen molar-refractivity contribution in [2.45, 2.75) is 12.2 Å². The summed E-state index contributed by atoms with van der Waals surface area (Å²) < 4.78 is 6.08. The molecular formula is C16H15BrN6O4. The summed E-state index contributed by atoms with van der Waals surface area (Å²) in [6.45, 7) is 0.187. The fraction of sp³-hybridized carbons (Fsp3) is 0.312. The Balaban J connectivity index is 1.62. The number of rotatable bonds is 4. The molecule has 0 bridgehead atoms. The van der Waals surface area contributed by atoms with Gasteiger partial charge in [0.2, 0.25) is 5.96 Å². The largest absolute Gasteiger partial charge is 0.394 e. The quantitative estimate of drug-likeness (QED) is 0.559. The topological polar surface area (TPSA) is 128 Å². The number of hydrogen-bond acceptors (Lipinski definition) is 8. The second-order valence-corrected chi connectivity index (χ2v) is 6.86. The van der Waals surface area contributed by atoms with Gasteiger partial charge in [-0.2, -0.15) is 0 Å². The van der Waals surface area contributed by atoms with Crippen molar-refractivity contribution in [3.63, 3.8) is 0 Å². The van der Waals surface area contributed by atoms with Crippen LogP contribution in [0.5, 0.6) is 0 Å². The maximum absolute atomic E-state index is 12.3. The monoisotopic (exact) mass is 434 g/mol. The van der Waals surface area contributed by atoms with Gasteiger partial charge in [-0.25, -0.2) is 9.98 Å². The Morgan fingerprint density at radius 2 is 2.19 bits per heavy atom. The van der Waals surface area contributed by atoms with Crippen LogP contribution < -0.4 is 10.6 Å². The molecule has 4 rings (SSSR count). The number of carbonyl (C=O) groups excluding carboxylic acids is 2. The molecule has 140 valence electrons. The van der Waals surface area contributed by atoms with Gasteiger partial charge < -0.3 is 20.1 Å². The summed E-state index contributed by atoms with van der Waals surface area (Å²) in [7, 11) is 0. The highest BCUT2D eigenvalue weighted by Gasteiger charge is 2.40. The molecule has 0 saturated carbocycles. The molecule has 2 amide bonds. The number of guanidine groups is 1. The molecule has 2 unspecified atom stereocenters. The normalized spacial score (nSPS) is 24.6. The van der Waals surface area contributed by atoms with E-state index in [-0.39, 0.29) is 43.4 Å². The van der Waals surface area contributed by atoms with Crippen LogP contribution in [0.3, 0.4) is 0 Å². The first-order valence-corrected chi connectivity index (χ1v) is 8.92. The SMILES string of the molecule is O=C1Nc2ccc(Br)cc2C1=NC1=NC2C(N=CN2COCCO)C(=O)N1. The molecule has 0 saturated heterocycles. The summed E-state index contributed by atoms with van der Waals surface area (Å²) >= 11 is 3.37. The Labute approximate surface area is 162 Å². The first kappa shape index (κ1) is 17.8. The maximum atomic E-state index is 12.3. The van der Waals surface area contributed by atoms with E-state index >= 15 is 0 Å². The van der Waals surface area contributed by atoms with Crippen molar-refractivity contribution in [3.05, 3.63) is 28.2 Å². The number of carbonyl (C=O) groups is 2. The molecule has 0 spiro atoms. The average molecular weight is 435 g/mol. The highest BCUT2D eigenvalue weighted by atomic mass is 79.9. The Morgan fingerprint density at radius 1 is 1.33 bits per heavy atom. The van der Waals surface area contributed by atoms with Crippen LogP contribution >= 0.6 is 15.9 Å². The van der Waals surface area contributed by atoms with Crippen LogP contribution in [0.2, 0.25) is 0 Å². The first-order valence-electron chi connectivity index (χ1n) is 8.13. The lowest BCUT2D eigenvalue weighted by Crippen LogP contribution is -2.51. The van der Waals surface area contributed by atoms with Crippen LogP contribution in [-0.2, 0) is 14.3 Å². The van der Waals surface area contributed by atoms with E-state index in [1.807, 2.05) is 6.07 Å². The average Bonchev–Trinajstić information content (AvgIpc) is 3.17. The number of halogens is 1. The third-order valence-corrected chi connectivity index (χ3v) is 4.64. The van der Waals surface area contributed by atoms with Gasteiger partial charge in [-0.3, -0.25) is 19.9 Å². The highest BCUT2D eigenvalue weighted by Crippen LogP contribution is 2.27. The number of fused-ring (bicyclic) bond motifs is 2. The van der Waals surface area contributed by atoms with Gasteiger partial charge in [0.25, 0.3) is 11.8 Å². The fourth-order valence-corrected chi connectivity index (χ4v) is 3.28. The molecule has 2 atom stereocenters. The molecule has 3 aliphatic heterocycles. The van der Waals surface area contributed by atoms with Crippen LogP contribution in [0, 0.1) is 0 Å². The van der Waals surface area contributed by atoms with E-state index in [1.54, 1.807) is 17.0 Å². The molecule has 3 aliphatic rings. The lowest BCUT2D eigenvalue weighted by molar-refractivity contribution is -0.122. The summed E-state index contributed by atoms with van der Waals surface area (Å²) in [5.74, 6) is -0.687. The van der Waals surface area contributed by atoms with E-state index in [0.29, 0.717) is 11.3 Å². The standard InChI is InChI=1S/C16H15BrN6O4/c17-8-1-2-10-9(5-8)11(14(25)19-10)20-16-21-13-12(15(26)22-16)18-6-23(13)7-27-4-3-24/h1-2,5-6,12-13,24H,3-4,7H2,(H2,19,20,21,22,25,26). The smallest absolute Gasteiger partial charge is 0.275 e. The van der Waals surface area contributed by atoms with Crippen molar-refractivity contribution >= 4 is 51.4 Å². The Morgan fingerprint density at radius 3 is 3.00 bits per heavy atom. The van der Waals surface area contributed by atoms with Crippen LogP contribution in [0.15, 0.2) is 37.6 Å². The molecule has 0 radical (unpaired) electrons. The summed E-state index contributed by atoms with van der Waals surface area (Å²) in [5, 5.41) is 14.1.